The Hall–Kier alpha value is -2.14. The fraction of sp³-hybridized carbons (Fsp3) is 0.200. The van der Waals surface area contributed by atoms with Crippen LogP contribution in [-0.2, 0) is 0 Å². The molecule has 4 nitrogen and oxygen atoms in total. The van der Waals surface area contributed by atoms with Gasteiger partial charge in [-0.1, -0.05) is 23.7 Å². The molecule has 1 unspecified atom stereocenters. The fourth-order valence-electron chi connectivity index (χ4n) is 1.98. The lowest BCUT2D eigenvalue weighted by molar-refractivity contribution is 0.0738. The van der Waals surface area contributed by atoms with E-state index in [-0.39, 0.29) is 17.4 Å². The molecule has 0 radical (unpaired) electrons. The summed E-state index contributed by atoms with van der Waals surface area (Å²) in [7, 11) is 1.60. The minimum Gasteiger partial charge on any atom is -0.381 e. The second kappa shape index (κ2) is 6.10. The van der Waals surface area contributed by atoms with Crippen molar-refractivity contribution in [3.05, 3.63) is 58.5 Å². The molecule has 0 saturated carbocycles. The van der Waals surface area contributed by atoms with E-state index in [0.717, 1.165) is 5.56 Å². The summed E-state index contributed by atoms with van der Waals surface area (Å²) >= 11 is 5.95. The van der Waals surface area contributed by atoms with Crippen LogP contribution in [-0.4, -0.2) is 22.8 Å². The first kappa shape index (κ1) is 15.3. The molecule has 0 aliphatic rings. The van der Waals surface area contributed by atoms with Crippen LogP contribution in [0.4, 0.5) is 10.2 Å². The first-order chi connectivity index (χ1) is 9.91. The van der Waals surface area contributed by atoms with Crippen molar-refractivity contribution in [2.45, 2.75) is 13.0 Å². The maximum absolute atomic E-state index is 13.9. The van der Waals surface area contributed by atoms with Crippen LogP contribution in [0.15, 0.2) is 36.5 Å². The van der Waals surface area contributed by atoms with Gasteiger partial charge in [0.2, 0.25) is 0 Å². The minimum atomic E-state index is -0.798. The number of amides is 1. The number of halogens is 2. The van der Waals surface area contributed by atoms with Gasteiger partial charge in [-0.25, -0.2) is 9.37 Å². The molecule has 0 spiro atoms. The summed E-state index contributed by atoms with van der Waals surface area (Å²) in [5, 5.41) is 0.583. The number of benzene rings is 1. The van der Waals surface area contributed by atoms with Gasteiger partial charge in [-0.15, -0.1) is 0 Å². The van der Waals surface area contributed by atoms with E-state index < -0.39 is 11.7 Å². The highest BCUT2D eigenvalue weighted by Crippen LogP contribution is 2.24. The largest absolute Gasteiger partial charge is 0.381 e. The van der Waals surface area contributed by atoms with Crippen LogP contribution in [0.25, 0.3) is 0 Å². The lowest BCUT2D eigenvalue weighted by atomic mass is 10.1. The number of hydrogen-bond acceptors (Lipinski definition) is 3. The molecular weight excluding hydrogens is 293 g/mol. The molecule has 1 aromatic carbocycles. The van der Waals surface area contributed by atoms with E-state index in [1.807, 2.05) is 13.0 Å². The van der Waals surface area contributed by atoms with Crippen LogP contribution in [0.3, 0.4) is 0 Å². The van der Waals surface area contributed by atoms with Gasteiger partial charge in [-0.2, -0.15) is 0 Å². The van der Waals surface area contributed by atoms with Crippen molar-refractivity contribution in [2.75, 3.05) is 12.8 Å². The number of carbonyl (C=O) groups is 1. The Bertz CT molecular complexity index is 678. The SMILES string of the molecule is CC(c1cccc(Cl)c1)N(C)C(=O)c1ccnc(N)c1F. The molecule has 0 fully saturated rings. The molecular formula is C15H15ClFN3O. The van der Waals surface area contributed by atoms with Gasteiger partial charge in [0.25, 0.3) is 5.91 Å². The lowest BCUT2D eigenvalue weighted by Crippen LogP contribution is -2.30. The third kappa shape index (κ3) is 3.13. The minimum absolute atomic E-state index is 0.0983. The van der Waals surface area contributed by atoms with Gasteiger partial charge in [0.15, 0.2) is 11.6 Å². The molecule has 0 aliphatic heterocycles. The number of anilines is 1. The number of carbonyl (C=O) groups excluding carboxylic acids is 1. The molecule has 0 aliphatic carbocycles. The standard InChI is InChI=1S/C15H15ClFN3O/c1-9(10-4-3-5-11(16)8-10)20(2)15(21)12-6-7-19-14(18)13(12)17/h3-9H,1-2H3,(H2,18,19). The van der Waals surface area contributed by atoms with Crippen LogP contribution in [0.1, 0.15) is 28.9 Å². The maximum atomic E-state index is 13.9. The summed E-state index contributed by atoms with van der Waals surface area (Å²) in [4.78, 5) is 17.4. The number of pyridine rings is 1. The average molecular weight is 308 g/mol. The molecule has 0 bridgehead atoms. The van der Waals surface area contributed by atoms with Gasteiger partial charge in [-0.3, -0.25) is 4.79 Å². The molecule has 1 heterocycles. The normalized spacial score (nSPS) is 12.0. The van der Waals surface area contributed by atoms with Crippen LogP contribution in [0, 0.1) is 5.82 Å². The van der Waals surface area contributed by atoms with Gasteiger partial charge < -0.3 is 10.6 Å². The third-order valence-electron chi connectivity index (χ3n) is 3.38. The summed E-state index contributed by atoms with van der Waals surface area (Å²) in [6.45, 7) is 1.84. The number of nitrogens with two attached hydrogens (primary N) is 1. The van der Waals surface area contributed by atoms with Crippen LogP contribution in [0.5, 0.6) is 0 Å². The van der Waals surface area contributed by atoms with Crippen molar-refractivity contribution in [3.63, 3.8) is 0 Å². The molecule has 1 atom stereocenters. The quantitative estimate of drug-likeness (QED) is 0.946. The molecule has 2 rings (SSSR count). The third-order valence-corrected chi connectivity index (χ3v) is 3.61. The highest BCUT2D eigenvalue weighted by atomic mass is 35.5. The highest BCUT2D eigenvalue weighted by Gasteiger charge is 2.22. The summed E-state index contributed by atoms with van der Waals surface area (Å²) < 4.78 is 13.9. The zero-order valence-corrected chi connectivity index (χ0v) is 12.4. The van der Waals surface area contributed by atoms with Crippen molar-refractivity contribution >= 4 is 23.3 Å². The van der Waals surface area contributed by atoms with Crippen molar-refractivity contribution in [3.8, 4) is 0 Å². The van der Waals surface area contributed by atoms with E-state index >= 15 is 0 Å². The summed E-state index contributed by atoms with van der Waals surface area (Å²) in [6.07, 6.45) is 1.31. The Labute approximate surface area is 127 Å². The van der Waals surface area contributed by atoms with Gasteiger partial charge in [-0.05, 0) is 30.7 Å². The smallest absolute Gasteiger partial charge is 0.257 e. The molecule has 21 heavy (non-hydrogen) atoms. The van der Waals surface area contributed by atoms with Gasteiger partial charge >= 0.3 is 0 Å². The average Bonchev–Trinajstić information content (AvgIpc) is 2.48. The van der Waals surface area contributed by atoms with E-state index in [4.69, 9.17) is 17.3 Å². The van der Waals surface area contributed by atoms with Crippen LogP contribution < -0.4 is 5.73 Å². The number of hydrogen-bond donors (Lipinski definition) is 1. The molecule has 0 saturated heterocycles. The fourth-order valence-corrected chi connectivity index (χ4v) is 2.18. The number of nitrogen functional groups attached to an aromatic ring is 1. The lowest BCUT2D eigenvalue weighted by Gasteiger charge is -2.25. The van der Waals surface area contributed by atoms with Crippen LogP contribution >= 0.6 is 11.6 Å². The van der Waals surface area contributed by atoms with E-state index in [0.29, 0.717) is 5.02 Å². The predicted molar refractivity (Wildman–Crippen MR) is 80.6 cm³/mol. The Morgan fingerprint density at radius 2 is 2.14 bits per heavy atom. The highest BCUT2D eigenvalue weighted by molar-refractivity contribution is 6.30. The second-order valence-corrected chi connectivity index (χ2v) is 5.14. The predicted octanol–water partition coefficient (Wildman–Crippen LogP) is 3.29. The van der Waals surface area contributed by atoms with E-state index in [1.54, 1.807) is 25.2 Å². The van der Waals surface area contributed by atoms with Gasteiger partial charge in [0, 0.05) is 18.3 Å². The van der Waals surface area contributed by atoms with Crippen LogP contribution in [0.2, 0.25) is 5.02 Å². The van der Waals surface area contributed by atoms with Gasteiger partial charge in [0.1, 0.15) is 0 Å². The Balaban J connectivity index is 2.29. The molecule has 2 N–H and O–H groups in total. The maximum Gasteiger partial charge on any atom is 0.257 e. The monoisotopic (exact) mass is 307 g/mol. The first-order valence-electron chi connectivity index (χ1n) is 6.34. The zero-order valence-electron chi connectivity index (χ0n) is 11.7. The van der Waals surface area contributed by atoms with E-state index in [9.17, 15) is 9.18 Å². The van der Waals surface area contributed by atoms with Crippen molar-refractivity contribution in [1.82, 2.24) is 9.88 Å². The molecule has 1 aromatic heterocycles. The topological polar surface area (TPSA) is 59.2 Å². The number of aromatic nitrogens is 1. The Morgan fingerprint density at radius 1 is 1.43 bits per heavy atom. The molecule has 110 valence electrons. The molecule has 6 heteroatoms. The molecule has 2 aromatic rings. The number of nitrogens with zero attached hydrogens (tertiary/aromatic N) is 2. The first-order valence-corrected chi connectivity index (χ1v) is 6.72. The Kier molecular flexibility index (Phi) is 4.43. The second-order valence-electron chi connectivity index (χ2n) is 4.70. The zero-order chi connectivity index (χ0) is 15.6. The van der Waals surface area contributed by atoms with Crippen molar-refractivity contribution < 1.29 is 9.18 Å². The van der Waals surface area contributed by atoms with E-state index in [2.05, 4.69) is 4.98 Å². The Morgan fingerprint density at radius 3 is 2.81 bits per heavy atom. The van der Waals surface area contributed by atoms with Crippen molar-refractivity contribution in [2.24, 2.45) is 0 Å². The molecule has 1 amide bonds. The summed E-state index contributed by atoms with van der Waals surface area (Å²) in [5.41, 5.74) is 6.15. The summed E-state index contributed by atoms with van der Waals surface area (Å²) in [6, 6.07) is 8.24. The van der Waals surface area contributed by atoms with Gasteiger partial charge in [0.05, 0.1) is 11.6 Å². The summed E-state index contributed by atoms with van der Waals surface area (Å²) in [5.74, 6) is -1.55. The van der Waals surface area contributed by atoms with E-state index in [1.165, 1.54) is 17.2 Å². The number of rotatable bonds is 3. The van der Waals surface area contributed by atoms with Crippen molar-refractivity contribution in [1.29, 1.82) is 0 Å².